The van der Waals surface area contributed by atoms with Crippen LogP contribution in [0.15, 0.2) is 131 Å². The molecule has 0 bridgehead atoms. The first-order valence-electron chi connectivity index (χ1n) is 14.4. The minimum absolute atomic E-state index is 0.0150. The third-order valence-corrected chi connectivity index (χ3v) is 7.44. The lowest BCUT2D eigenvalue weighted by Crippen LogP contribution is -2.37. The Morgan fingerprint density at radius 2 is 1.39 bits per heavy atom. The fourth-order valence-electron chi connectivity index (χ4n) is 5.13. The molecule has 0 aliphatic rings. The Hall–Kier alpha value is -5.90. The molecule has 0 spiro atoms. The largest absolute Gasteiger partial charge is 0.497 e. The summed E-state index contributed by atoms with van der Waals surface area (Å²) in [6, 6.07) is 34.2. The van der Waals surface area contributed by atoms with Gasteiger partial charge < -0.3 is 19.5 Å². The Balaban J connectivity index is 1.46. The van der Waals surface area contributed by atoms with E-state index in [0.717, 1.165) is 16.7 Å². The zero-order chi connectivity index (χ0) is 32.4. The van der Waals surface area contributed by atoms with Crippen molar-refractivity contribution in [3.8, 4) is 11.5 Å². The molecule has 0 saturated carbocycles. The second kappa shape index (κ2) is 14.7. The van der Waals surface area contributed by atoms with Gasteiger partial charge >= 0.3 is 5.69 Å². The molecule has 46 heavy (non-hydrogen) atoms. The molecule has 1 amide bonds. The Morgan fingerprint density at radius 3 is 1.91 bits per heavy atom. The standard InChI is InChI=1S/C35H32N6O5/c1-44-30-17-13-27(14-18-30)35(26-11-7-4-8-12-26,28-15-19-31(45-2)20-16-28)46-24-29(39-40-36)23-41-22-21-32(38-34(41)43)37-33(42)25-9-5-3-6-10-25/h3-22,29H,23-24H2,1-2H3,(H,37,38,42,43)/t29-/m0/s1. The van der Waals surface area contributed by atoms with Crippen molar-refractivity contribution >= 4 is 11.7 Å². The van der Waals surface area contributed by atoms with Crippen LogP contribution in [0.5, 0.6) is 11.5 Å². The molecule has 11 heteroatoms. The van der Waals surface area contributed by atoms with Crippen LogP contribution in [-0.2, 0) is 16.9 Å². The fourth-order valence-corrected chi connectivity index (χ4v) is 5.13. The summed E-state index contributed by atoms with van der Waals surface area (Å²) in [5.41, 5.74) is 10.6. The first-order chi connectivity index (χ1) is 22.5. The number of ether oxygens (including phenoxy) is 3. The van der Waals surface area contributed by atoms with Crippen molar-refractivity contribution in [3.63, 3.8) is 0 Å². The van der Waals surface area contributed by atoms with Crippen molar-refractivity contribution in [3.05, 3.63) is 165 Å². The molecule has 5 aromatic rings. The van der Waals surface area contributed by atoms with E-state index in [2.05, 4.69) is 20.3 Å². The van der Waals surface area contributed by atoms with Crippen molar-refractivity contribution in [2.75, 3.05) is 26.1 Å². The molecule has 0 saturated heterocycles. The predicted octanol–water partition coefficient (Wildman–Crippen LogP) is 6.20. The molecule has 0 aliphatic carbocycles. The maximum absolute atomic E-state index is 13.0. The van der Waals surface area contributed by atoms with E-state index in [1.807, 2.05) is 78.9 Å². The molecule has 232 valence electrons. The summed E-state index contributed by atoms with van der Waals surface area (Å²) in [7, 11) is 3.20. The van der Waals surface area contributed by atoms with Gasteiger partial charge in [0.15, 0.2) is 0 Å². The van der Waals surface area contributed by atoms with Crippen molar-refractivity contribution in [2.24, 2.45) is 5.11 Å². The summed E-state index contributed by atoms with van der Waals surface area (Å²) in [4.78, 5) is 32.6. The Kier molecular flexibility index (Phi) is 10.1. The number of carbonyl (C=O) groups excluding carboxylic acids is 1. The van der Waals surface area contributed by atoms with Crippen LogP contribution in [-0.4, -0.2) is 42.3 Å². The summed E-state index contributed by atoms with van der Waals surface area (Å²) in [5, 5.41) is 6.60. The van der Waals surface area contributed by atoms with Crippen LogP contribution in [0.2, 0.25) is 0 Å². The molecule has 0 unspecified atom stereocenters. The van der Waals surface area contributed by atoms with Gasteiger partial charge in [-0.05, 0) is 64.7 Å². The van der Waals surface area contributed by atoms with Crippen molar-refractivity contribution in [1.29, 1.82) is 0 Å². The third-order valence-electron chi connectivity index (χ3n) is 7.44. The van der Waals surface area contributed by atoms with E-state index in [4.69, 9.17) is 14.2 Å². The highest BCUT2D eigenvalue weighted by Crippen LogP contribution is 2.42. The van der Waals surface area contributed by atoms with Gasteiger partial charge in [-0.15, -0.1) is 0 Å². The number of nitrogens with one attached hydrogen (secondary N) is 1. The molecule has 11 nitrogen and oxygen atoms in total. The van der Waals surface area contributed by atoms with Gasteiger partial charge in [0.25, 0.3) is 5.91 Å². The van der Waals surface area contributed by atoms with Crippen LogP contribution in [0.25, 0.3) is 10.4 Å². The van der Waals surface area contributed by atoms with Crippen LogP contribution in [0.4, 0.5) is 5.82 Å². The van der Waals surface area contributed by atoms with Crippen LogP contribution in [0.1, 0.15) is 27.0 Å². The van der Waals surface area contributed by atoms with E-state index in [1.165, 1.54) is 16.8 Å². The highest BCUT2D eigenvalue weighted by atomic mass is 16.5. The first-order valence-corrected chi connectivity index (χ1v) is 14.4. The van der Waals surface area contributed by atoms with Gasteiger partial charge in [0.05, 0.1) is 26.9 Å². The van der Waals surface area contributed by atoms with Gasteiger partial charge in [0.1, 0.15) is 22.9 Å². The van der Waals surface area contributed by atoms with Crippen molar-refractivity contribution < 1.29 is 19.0 Å². The van der Waals surface area contributed by atoms with Gasteiger partial charge in [0, 0.05) is 23.2 Å². The summed E-state index contributed by atoms with van der Waals surface area (Å²) in [6.45, 7) is -0.0746. The summed E-state index contributed by atoms with van der Waals surface area (Å²) in [6.07, 6.45) is 1.49. The summed E-state index contributed by atoms with van der Waals surface area (Å²) in [5.74, 6) is 1.08. The summed E-state index contributed by atoms with van der Waals surface area (Å²) < 4.78 is 19.0. The average molecular weight is 617 g/mol. The Labute approximate surface area is 265 Å². The topological polar surface area (TPSA) is 140 Å². The molecule has 5 rings (SSSR count). The Morgan fingerprint density at radius 1 is 0.848 bits per heavy atom. The second-order valence-electron chi connectivity index (χ2n) is 10.2. The third kappa shape index (κ3) is 7.07. The SMILES string of the molecule is COc1ccc(C(OC[C@H](Cn2ccc(NC(=O)c3ccccc3)nc2=O)N=[N+]=[N-])(c2ccccc2)c2ccc(OC)cc2)cc1. The number of hydrogen-bond acceptors (Lipinski definition) is 7. The van der Waals surface area contributed by atoms with Crippen LogP contribution >= 0.6 is 0 Å². The van der Waals surface area contributed by atoms with E-state index < -0.39 is 17.3 Å². The van der Waals surface area contributed by atoms with E-state index in [0.29, 0.717) is 17.1 Å². The normalized spacial score (nSPS) is 11.6. The monoisotopic (exact) mass is 616 g/mol. The summed E-state index contributed by atoms with van der Waals surface area (Å²) >= 11 is 0. The van der Waals surface area contributed by atoms with Gasteiger partial charge in [-0.1, -0.05) is 77.9 Å². The number of azide groups is 1. The zero-order valence-electron chi connectivity index (χ0n) is 25.3. The Bertz CT molecular complexity index is 1810. The van der Waals surface area contributed by atoms with E-state index in [1.54, 1.807) is 44.6 Å². The molecule has 4 aromatic carbocycles. The van der Waals surface area contributed by atoms with Gasteiger partial charge in [-0.2, -0.15) is 4.98 Å². The zero-order valence-corrected chi connectivity index (χ0v) is 25.3. The lowest BCUT2D eigenvalue weighted by molar-refractivity contribution is 0.00299. The molecule has 1 N–H and O–H groups in total. The number of rotatable bonds is 13. The van der Waals surface area contributed by atoms with Gasteiger partial charge in [0.2, 0.25) is 0 Å². The number of aromatic nitrogens is 2. The van der Waals surface area contributed by atoms with Crippen molar-refractivity contribution in [1.82, 2.24) is 9.55 Å². The maximum Gasteiger partial charge on any atom is 0.349 e. The van der Waals surface area contributed by atoms with Crippen LogP contribution in [0.3, 0.4) is 0 Å². The minimum atomic E-state index is -1.14. The maximum atomic E-state index is 13.0. The van der Waals surface area contributed by atoms with Gasteiger partial charge in [-0.3, -0.25) is 9.36 Å². The molecule has 0 fully saturated rings. The molecular formula is C35H32N6O5. The highest BCUT2D eigenvalue weighted by Gasteiger charge is 2.38. The van der Waals surface area contributed by atoms with Crippen LogP contribution < -0.4 is 20.5 Å². The number of hydrogen-bond donors (Lipinski definition) is 1. The lowest BCUT2D eigenvalue weighted by Gasteiger charge is -2.37. The number of nitrogens with zero attached hydrogens (tertiary/aromatic N) is 5. The molecule has 1 heterocycles. The molecule has 0 radical (unpaired) electrons. The molecule has 0 aliphatic heterocycles. The van der Waals surface area contributed by atoms with Gasteiger partial charge in [-0.25, -0.2) is 4.79 Å². The van der Waals surface area contributed by atoms with Crippen molar-refractivity contribution in [2.45, 2.75) is 18.2 Å². The number of anilines is 1. The number of benzene rings is 4. The fraction of sp³-hybridized carbons (Fsp3) is 0.171. The average Bonchev–Trinajstić information content (AvgIpc) is 3.11. The number of amides is 1. The lowest BCUT2D eigenvalue weighted by atomic mass is 9.80. The predicted molar refractivity (Wildman–Crippen MR) is 174 cm³/mol. The first kappa shape index (κ1) is 31.5. The molecule has 1 atom stereocenters. The highest BCUT2D eigenvalue weighted by molar-refractivity contribution is 6.03. The molecule has 1 aromatic heterocycles. The smallest absolute Gasteiger partial charge is 0.349 e. The molecular weight excluding hydrogens is 584 g/mol. The number of methoxy groups -OCH3 is 2. The van der Waals surface area contributed by atoms with E-state index >= 15 is 0 Å². The van der Waals surface area contributed by atoms with E-state index in [-0.39, 0.29) is 24.9 Å². The second-order valence-corrected chi connectivity index (χ2v) is 10.2. The van der Waals surface area contributed by atoms with Crippen LogP contribution in [0, 0.1) is 0 Å². The number of carbonyl (C=O) groups is 1. The minimum Gasteiger partial charge on any atom is -0.497 e. The van der Waals surface area contributed by atoms with E-state index in [9.17, 15) is 15.1 Å². The quantitative estimate of drug-likeness (QED) is 0.0723.